The maximum Gasteiger partial charge on any atom is 0.244 e. The van der Waals surface area contributed by atoms with Crippen LogP contribution in [0.3, 0.4) is 0 Å². The number of aromatic nitrogens is 3. The first-order valence-electron chi connectivity index (χ1n) is 5.54. The Hall–Kier alpha value is -1.93. The molecule has 0 radical (unpaired) electrons. The van der Waals surface area contributed by atoms with Crippen LogP contribution in [0.2, 0.25) is 0 Å². The minimum atomic E-state index is -3.44. The van der Waals surface area contributed by atoms with Crippen molar-refractivity contribution >= 4 is 21.5 Å². The van der Waals surface area contributed by atoms with Crippen LogP contribution in [0.4, 0.5) is 11.5 Å². The molecule has 0 aromatic carbocycles. The van der Waals surface area contributed by atoms with Gasteiger partial charge in [-0.2, -0.15) is 5.10 Å². The fraction of sp³-hybridized carbons (Fsp3) is 0.273. The monoisotopic (exact) mass is 281 g/mol. The first kappa shape index (κ1) is 13.5. The van der Waals surface area contributed by atoms with E-state index in [-0.39, 0.29) is 4.90 Å². The number of sulfonamides is 1. The maximum absolute atomic E-state index is 11.9. The van der Waals surface area contributed by atoms with Crippen LogP contribution in [-0.4, -0.2) is 41.6 Å². The lowest BCUT2D eigenvalue weighted by atomic mass is 10.4. The van der Waals surface area contributed by atoms with Crippen molar-refractivity contribution in [3.63, 3.8) is 0 Å². The Labute approximate surface area is 111 Å². The van der Waals surface area contributed by atoms with Gasteiger partial charge in [0.1, 0.15) is 10.7 Å². The third-order valence-corrected chi connectivity index (χ3v) is 4.29. The van der Waals surface area contributed by atoms with Crippen molar-refractivity contribution in [2.75, 3.05) is 19.4 Å². The fourth-order valence-electron chi connectivity index (χ4n) is 1.45. The van der Waals surface area contributed by atoms with Gasteiger partial charge >= 0.3 is 0 Å². The molecule has 0 bridgehead atoms. The molecule has 2 aromatic heterocycles. The van der Waals surface area contributed by atoms with Crippen molar-refractivity contribution in [1.29, 1.82) is 0 Å². The predicted octanol–water partition coefficient (Wildman–Crippen LogP) is 0.809. The number of nitrogens with one attached hydrogen (secondary N) is 1. The predicted molar refractivity (Wildman–Crippen MR) is 71.6 cm³/mol. The number of hydrogen-bond acceptors (Lipinski definition) is 5. The smallest absolute Gasteiger partial charge is 0.244 e. The van der Waals surface area contributed by atoms with Crippen molar-refractivity contribution in [1.82, 2.24) is 19.1 Å². The van der Waals surface area contributed by atoms with Gasteiger partial charge in [0.15, 0.2) is 0 Å². The van der Waals surface area contributed by atoms with E-state index in [9.17, 15) is 8.42 Å². The second kappa shape index (κ2) is 4.98. The van der Waals surface area contributed by atoms with Gasteiger partial charge in [-0.05, 0) is 12.1 Å². The SMILES string of the molecule is CN(C)S(=O)(=O)c1ccc(Nc2cnn(C)c2)nc1. The lowest BCUT2D eigenvalue weighted by Gasteiger charge is -2.11. The molecule has 2 heterocycles. The Morgan fingerprint density at radius 3 is 2.47 bits per heavy atom. The molecule has 1 N–H and O–H groups in total. The van der Waals surface area contributed by atoms with Gasteiger partial charge in [-0.1, -0.05) is 0 Å². The summed E-state index contributed by atoms with van der Waals surface area (Å²) >= 11 is 0. The van der Waals surface area contributed by atoms with Crippen molar-refractivity contribution in [2.24, 2.45) is 7.05 Å². The van der Waals surface area contributed by atoms with Crippen LogP contribution in [0.15, 0.2) is 35.6 Å². The lowest BCUT2D eigenvalue weighted by Crippen LogP contribution is -2.22. The molecule has 0 aliphatic carbocycles. The summed E-state index contributed by atoms with van der Waals surface area (Å²) < 4.78 is 26.5. The molecular weight excluding hydrogens is 266 g/mol. The van der Waals surface area contributed by atoms with E-state index in [1.807, 2.05) is 7.05 Å². The highest BCUT2D eigenvalue weighted by Crippen LogP contribution is 2.16. The Kier molecular flexibility index (Phi) is 3.54. The van der Waals surface area contributed by atoms with Gasteiger partial charge in [0, 0.05) is 33.5 Å². The summed E-state index contributed by atoms with van der Waals surface area (Å²) in [5.41, 5.74) is 0.790. The molecule has 0 atom stereocenters. The topological polar surface area (TPSA) is 80.1 Å². The summed E-state index contributed by atoms with van der Waals surface area (Å²) in [6.45, 7) is 0. The number of nitrogens with zero attached hydrogens (tertiary/aromatic N) is 4. The van der Waals surface area contributed by atoms with E-state index in [4.69, 9.17) is 0 Å². The molecule has 7 nitrogen and oxygen atoms in total. The van der Waals surface area contributed by atoms with E-state index in [0.717, 1.165) is 9.99 Å². The van der Waals surface area contributed by atoms with E-state index in [1.165, 1.54) is 26.4 Å². The molecule has 0 saturated carbocycles. The number of hydrogen-bond donors (Lipinski definition) is 1. The van der Waals surface area contributed by atoms with E-state index in [1.54, 1.807) is 23.1 Å². The Morgan fingerprint density at radius 2 is 2.00 bits per heavy atom. The normalized spacial score (nSPS) is 11.8. The van der Waals surface area contributed by atoms with Crippen LogP contribution < -0.4 is 5.32 Å². The molecule has 2 aromatic rings. The quantitative estimate of drug-likeness (QED) is 0.897. The van der Waals surface area contributed by atoms with Crippen LogP contribution in [0, 0.1) is 0 Å². The van der Waals surface area contributed by atoms with Gasteiger partial charge in [0.05, 0.1) is 11.9 Å². The zero-order chi connectivity index (χ0) is 14.0. The molecule has 0 fully saturated rings. The molecule has 102 valence electrons. The fourth-order valence-corrected chi connectivity index (χ4v) is 2.30. The van der Waals surface area contributed by atoms with Gasteiger partial charge in [0.25, 0.3) is 0 Å². The first-order valence-corrected chi connectivity index (χ1v) is 6.98. The molecule has 19 heavy (non-hydrogen) atoms. The number of anilines is 2. The summed E-state index contributed by atoms with van der Waals surface area (Å²) in [7, 11) is 1.34. The number of pyridine rings is 1. The van der Waals surface area contributed by atoms with Crippen LogP contribution in [0.25, 0.3) is 0 Å². The zero-order valence-electron chi connectivity index (χ0n) is 10.9. The zero-order valence-corrected chi connectivity index (χ0v) is 11.7. The van der Waals surface area contributed by atoms with Crippen LogP contribution >= 0.6 is 0 Å². The molecule has 2 rings (SSSR count). The highest BCUT2D eigenvalue weighted by atomic mass is 32.2. The summed E-state index contributed by atoms with van der Waals surface area (Å²) in [6.07, 6.45) is 4.78. The molecule has 0 unspecified atom stereocenters. The minimum absolute atomic E-state index is 0.161. The van der Waals surface area contributed by atoms with Crippen molar-refractivity contribution in [3.05, 3.63) is 30.7 Å². The van der Waals surface area contributed by atoms with Crippen LogP contribution in [0.1, 0.15) is 0 Å². The van der Waals surface area contributed by atoms with Gasteiger partial charge in [-0.3, -0.25) is 4.68 Å². The van der Waals surface area contributed by atoms with Crippen molar-refractivity contribution < 1.29 is 8.42 Å². The van der Waals surface area contributed by atoms with Gasteiger partial charge < -0.3 is 5.32 Å². The van der Waals surface area contributed by atoms with Crippen molar-refractivity contribution in [2.45, 2.75) is 4.90 Å². The molecule has 0 aliphatic heterocycles. The van der Waals surface area contributed by atoms with Gasteiger partial charge in [-0.15, -0.1) is 0 Å². The minimum Gasteiger partial charge on any atom is -0.338 e. The Morgan fingerprint density at radius 1 is 1.26 bits per heavy atom. The summed E-state index contributed by atoms with van der Waals surface area (Å²) in [5, 5.41) is 7.05. The lowest BCUT2D eigenvalue weighted by molar-refractivity contribution is 0.520. The second-order valence-electron chi connectivity index (χ2n) is 4.19. The summed E-state index contributed by atoms with van der Waals surface area (Å²) in [4.78, 5) is 4.24. The van der Waals surface area contributed by atoms with Gasteiger partial charge in [-0.25, -0.2) is 17.7 Å². The van der Waals surface area contributed by atoms with Crippen LogP contribution in [-0.2, 0) is 17.1 Å². The molecular formula is C11H15N5O2S. The number of aryl methyl sites for hydroxylation is 1. The molecule has 0 saturated heterocycles. The van der Waals surface area contributed by atoms with E-state index in [0.29, 0.717) is 5.82 Å². The molecule has 0 amide bonds. The highest BCUT2D eigenvalue weighted by molar-refractivity contribution is 7.89. The Bertz CT molecular complexity index is 661. The summed E-state index contributed by atoms with van der Waals surface area (Å²) in [6, 6.07) is 3.13. The molecule has 8 heteroatoms. The largest absolute Gasteiger partial charge is 0.338 e. The van der Waals surface area contributed by atoms with E-state index < -0.39 is 10.0 Å². The van der Waals surface area contributed by atoms with Gasteiger partial charge in [0.2, 0.25) is 10.0 Å². The highest BCUT2D eigenvalue weighted by Gasteiger charge is 2.17. The van der Waals surface area contributed by atoms with Crippen molar-refractivity contribution in [3.8, 4) is 0 Å². The summed E-state index contributed by atoms with van der Waals surface area (Å²) in [5.74, 6) is 0.561. The Balaban J connectivity index is 2.19. The standard InChI is InChI=1S/C11H15N5O2S/c1-15(2)19(17,18)10-4-5-11(12-7-10)14-9-6-13-16(3)8-9/h4-8H,1-3H3,(H,12,14). The maximum atomic E-state index is 11.9. The first-order chi connectivity index (χ1) is 8.89. The average Bonchev–Trinajstić information content (AvgIpc) is 2.75. The third-order valence-electron chi connectivity index (χ3n) is 2.49. The van der Waals surface area contributed by atoms with Crippen LogP contribution in [0.5, 0.6) is 0 Å². The third kappa shape index (κ3) is 2.91. The number of rotatable bonds is 4. The average molecular weight is 281 g/mol. The molecule has 0 aliphatic rings. The van der Waals surface area contributed by atoms with E-state index in [2.05, 4.69) is 15.4 Å². The molecule has 0 spiro atoms. The van der Waals surface area contributed by atoms with E-state index >= 15 is 0 Å². The second-order valence-corrected chi connectivity index (χ2v) is 6.35.